The van der Waals surface area contributed by atoms with Gasteiger partial charge < -0.3 is 33.5 Å². The molecule has 2 N–H and O–H groups in total. The molecule has 45 heavy (non-hydrogen) atoms. The lowest BCUT2D eigenvalue weighted by Gasteiger charge is -2.19. The fourth-order valence-electron chi connectivity index (χ4n) is 4.89. The quantitative estimate of drug-likeness (QED) is 0.166. The molecule has 230 valence electrons. The molecule has 1 aliphatic rings. The minimum Gasteiger partial charge on any atom is -0.493 e. The van der Waals surface area contributed by atoms with Crippen molar-refractivity contribution in [2.24, 2.45) is 0 Å². The molecule has 3 aromatic carbocycles. The summed E-state index contributed by atoms with van der Waals surface area (Å²) in [5.41, 5.74) is 4.37. The van der Waals surface area contributed by atoms with Gasteiger partial charge in [0.25, 0.3) is 0 Å². The van der Waals surface area contributed by atoms with E-state index >= 15 is 0 Å². The molecular weight excluding hydrogens is 578 g/mol. The average Bonchev–Trinajstić information content (AvgIpc) is 3.77. The Hall–Kier alpha value is -5.46. The highest BCUT2D eigenvalue weighted by atomic mass is 16.7. The van der Waals surface area contributed by atoms with Gasteiger partial charge in [0, 0.05) is 22.9 Å². The third-order valence-electron chi connectivity index (χ3n) is 6.96. The number of pyridine rings is 1. The van der Waals surface area contributed by atoms with Crippen LogP contribution in [0.2, 0.25) is 0 Å². The third kappa shape index (κ3) is 6.71. The summed E-state index contributed by atoms with van der Waals surface area (Å²) < 4.78 is 34.9. The fourth-order valence-corrected chi connectivity index (χ4v) is 4.89. The van der Waals surface area contributed by atoms with E-state index in [2.05, 4.69) is 20.6 Å². The molecule has 1 aliphatic heterocycles. The van der Waals surface area contributed by atoms with E-state index in [0.717, 1.165) is 16.7 Å². The number of aromatic amines is 1. The van der Waals surface area contributed by atoms with Crippen LogP contribution in [0, 0.1) is 6.92 Å². The van der Waals surface area contributed by atoms with Crippen molar-refractivity contribution in [3.63, 3.8) is 0 Å². The minimum absolute atomic E-state index is 0.140. The molecule has 6 rings (SSSR count). The number of aromatic nitrogens is 5. The Bertz CT molecular complexity index is 1780. The van der Waals surface area contributed by atoms with Crippen LogP contribution in [0.15, 0.2) is 72.8 Å². The Morgan fingerprint density at radius 1 is 0.956 bits per heavy atom. The standard InChI is InChI=1S/C33H31N5O7/c1-21-25(9-6-14-39)30(23-10-12-26(40-2)28(17-23)42-16-15-41-19-22-7-4-3-5-8-22)31(32-35-37-38-36-32)33(34-21)45-24-11-13-27-29(18-24)44-20-43-27/h3-13,17-18,39H,14-16,19-20H2,1-2H3,(H,35,36,37,38). The predicted octanol–water partition coefficient (Wildman–Crippen LogP) is 5.37. The van der Waals surface area contributed by atoms with E-state index < -0.39 is 0 Å². The first-order chi connectivity index (χ1) is 22.1. The molecule has 0 fully saturated rings. The second-order valence-corrected chi connectivity index (χ2v) is 9.86. The maximum absolute atomic E-state index is 9.64. The zero-order chi connectivity index (χ0) is 31.0. The monoisotopic (exact) mass is 609 g/mol. The van der Waals surface area contributed by atoms with Crippen LogP contribution >= 0.6 is 0 Å². The van der Waals surface area contributed by atoms with Gasteiger partial charge in [0.1, 0.15) is 12.4 Å². The maximum atomic E-state index is 9.64. The Labute approximate surface area is 259 Å². The van der Waals surface area contributed by atoms with Crippen molar-refractivity contribution in [2.75, 3.05) is 33.7 Å². The van der Waals surface area contributed by atoms with Crippen LogP contribution in [0.4, 0.5) is 0 Å². The van der Waals surface area contributed by atoms with Crippen LogP contribution in [0.25, 0.3) is 28.6 Å². The number of methoxy groups -OCH3 is 1. The van der Waals surface area contributed by atoms with Gasteiger partial charge in [-0.15, -0.1) is 10.2 Å². The van der Waals surface area contributed by atoms with Crippen molar-refractivity contribution in [1.82, 2.24) is 25.6 Å². The summed E-state index contributed by atoms with van der Waals surface area (Å²) in [4.78, 5) is 4.79. The van der Waals surface area contributed by atoms with E-state index in [1.807, 2.05) is 55.5 Å². The van der Waals surface area contributed by atoms with Gasteiger partial charge in [-0.3, -0.25) is 0 Å². The predicted molar refractivity (Wildman–Crippen MR) is 164 cm³/mol. The molecule has 0 saturated carbocycles. The molecule has 0 unspecified atom stereocenters. The zero-order valence-corrected chi connectivity index (χ0v) is 24.7. The Kier molecular flexibility index (Phi) is 9.14. The van der Waals surface area contributed by atoms with E-state index in [4.69, 9.17) is 33.4 Å². The second-order valence-electron chi connectivity index (χ2n) is 9.86. The van der Waals surface area contributed by atoms with E-state index in [1.165, 1.54) is 0 Å². The van der Waals surface area contributed by atoms with Crippen molar-refractivity contribution in [2.45, 2.75) is 13.5 Å². The topological polar surface area (TPSA) is 143 Å². The summed E-state index contributed by atoms with van der Waals surface area (Å²) in [5, 5.41) is 24.5. The van der Waals surface area contributed by atoms with Crippen LogP contribution in [-0.4, -0.2) is 64.4 Å². The molecular formula is C33H31N5O7. The van der Waals surface area contributed by atoms with E-state index in [1.54, 1.807) is 37.5 Å². The van der Waals surface area contributed by atoms with Gasteiger partial charge in [0.15, 0.2) is 23.0 Å². The molecule has 12 heteroatoms. The SMILES string of the molecule is COc1ccc(-c2c(C=CCO)c(C)nc(Oc3ccc4c(c3)OCO4)c2-c2nn[nH]n2)cc1OCCOCc1ccccc1. The first-order valence-corrected chi connectivity index (χ1v) is 14.2. The van der Waals surface area contributed by atoms with Crippen LogP contribution in [-0.2, 0) is 11.3 Å². The fraction of sp³-hybridized carbons (Fsp3) is 0.212. The number of aliphatic hydroxyl groups excluding tert-OH is 1. The number of hydrogen-bond donors (Lipinski definition) is 2. The largest absolute Gasteiger partial charge is 0.493 e. The van der Waals surface area contributed by atoms with Gasteiger partial charge in [0.05, 0.1) is 32.5 Å². The van der Waals surface area contributed by atoms with Gasteiger partial charge in [-0.25, -0.2) is 4.98 Å². The number of H-pyrrole nitrogens is 1. The van der Waals surface area contributed by atoms with Crippen LogP contribution < -0.4 is 23.7 Å². The summed E-state index contributed by atoms with van der Waals surface area (Å²) in [6, 6.07) is 20.8. The molecule has 0 radical (unpaired) electrons. The zero-order valence-electron chi connectivity index (χ0n) is 24.7. The number of nitrogens with zero attached hydrogens (tertiary/aromatic N) is 4. The van der Waals surface area contributed by atoms with E-state index in [0.29, 0.717) is 65.4 Å². The van der Waals surface area contributed by atoms with Gasteiger partial charge in [-0.1, -0.05) is 48.6 Å². The Morgan fingerprint density at radius 2 is 1.82 bits per heavy atom. The van der Waals surface area contributed by atoms with Gasteiger partial charge in [0.2, 0.25) is 18.5 Å². The summed E-state index contributed by atoms with van der Waals surface area (Å²) in [6.07, 6.45) is 3.44. The summed E-state index contributed by atoms with van der Waals surface area (Å²) in [5.74, 6) is 3.26. The summed E-state index contributed by atoms with van der Waals surface area (Å²) in [7, 11) is 1.59. The molecule has 3 heterocycles. The molecule has 0 atom stereocenters. The van der Waals surface area contributed by atoms with Crippen LogP contribution in [0.5, 0.6) is 34.6 Å². The third-order valence-corrected chi connectivity index (χ3v) is 6.96. The molecule has 0 saturated heterocycles. The number of fused-ring (bicyclic) bond motifs is 1. The van der Waals surface area contributed by atoms with E-state index in [-0.39, 0.29) is 25.1 Å². The first-order valence-electron chi connectivity index (χ1n) is 14.2. The minimum atomic E-state index is -0.161. The Morgan fingerprint density at radius 3 is 2.62 bits per heavy atom. The smallest absolute Gasteiger partial charge is 0.231 e. The number of ether oxygens (including phenoxy) is 6. The molecule has 0 amide bonds. The van der Waals surface area contributed by atoms with E-state index in [9.17, 15) is 5.11 Å². The average molecular weight is 610 g/mol. The van der Waals surface area contributed by atoms with Crippen molar-refractivity contribution < 1.29 is 33.5 Å². The number of aryl methyl sites for hydroxylation is 1. The number of tetrazole rings is 1. The van der Waals surface area contributed by atoms with Crippen molar-refractivity contribution >= 4 is 6.08 Å². The number of benzene rings is 3. The molecule has 12 nitrogen and oxygen atoms in total. The normalized spacial score (nSPS) is 12.1. The van der Waals surface area contributed by atoms with Crippen LogP contribution in [0.1, 0.15) is 16.8 Å². The molecule has 0 aliphatic carbocycles. The highest BCUT2D eigenvalue weighted by Crippen LogP contribution is 2.45. The van der Waals surface area contributed by atoms with Gasteiger partial charge >= 0.3 is 0 Å². The molecule has 0 spiro atoms. The molecule has 5 aromatic rings. The molecule has 0 bridgehead atoms. The number of aliphatic hydroxyl groups is 1. The Balaban J connectivity index is 1.38. The maximum Gasteiger partial charge on any atom is 0.231 e. The summed E-state index contributed by atoms with van der Waals surface area (Å²) in [6.45, 7) is 3.00. The number of rotatable bonds is 13. The van der Waals surface area contributed by atoms with Crippen LogP contribution in [0.3, 0.4) is 0 Å². The lowest BCUT2D eigenvalue weighted by molar-refractivity contribution is 0.0880. The second kappa shape index (κ2) is 13.9. The lowest BCUT2D eigenvalue weighted by atomic mass is 9.93. The van der Waals surface area contributed by atoms with Crippen molar-refractivity contribution in [3.8, 4) is 57.1 Å². The number of hydrogen-bond acceptors (Lipinski definition) is 11. The van der Waals surface area contributed by atoms with Crippen molar-refractivity contribution in [1.29, 1.82) is 0 Å². The highest BCUT2D eigenvalue weighted by molar-refractivity contribution is 5.91. The lowest BCUT2D eigenvalue weighted by Crippen LogP contribution is -2.08. The molecule has 2 aromatic heterocycles. The summed E-state index contributed by atoms with van der Waals surface area (Å²) >= 11 is 0. The highest BCUT2D eigenvalue weighted by Gasteiger charge is 2.26. The first kappa shape index (κ1) is 29.6. The number of nitrogens with one attached hydrogen (secondary N) is 1. The van der Waals surface area contributed by atoms with Gasteiger partial charge in [-0.2, -0.15) is 5.21 Å². The van der Waals surface area contributed by atoms with Crippen molar-refractivity contribution in [3.05, 3.63) is 89.6 Å². The van der Waals surface area contributed by atoms with Gasteiger partial charge in [-0.05, 0) is 47.5 Å².